The first-order chi connectivity index (χ1) is 17.7. The zero-order valence-corrected chi connectivity index (χ0v) is 20.9. The summed E-state index contributed by atoms with van der Waals surface area (Å²) >= 11 is 5.55. The van der Waals surface area contributed by atoms with Crippen molar-refractivity contribution >= 4 is 29.4 Å². The number of aromatic nitrogens is 2. The Kier molecular flexibility index (Phi) is 12.1. The lowest BCUT2D eigenvalue weighted by Crippen LogP contribution is -2.14. The minimum atomic E-state index is -0.667. The highest BCUT2D eigenvalue weighted by molar-refractivity contribution is 6.32. The largest absolute Gasteiger partial charge is 0.494 e. The normalized spacial score (nSPS) is 10.1. The molecular weight excluding hydrogens is 515 g/mol. The molecule has 3 rings (SSSR count). The summed E-state index contributed by atoms with van der Waals surface area (Å²) in [4.78, 5) is 30.2. The molecule has 0 unspecified atom stereocenters. The van der Waals surface area contributed by atoms with E-state index in [1.807, 2.05) is 0 Å². The monoisotopic (exact) mass is 539 g/mol. The minimum Gasteiger partial charge on any atom is -0.494 e. The van der Waals surface area contributed by atoms with Gasteiger partial charge in [0.25, 0.3) is 0 Å². The van der Waals surface area contributed by atoms with Gasteiger partial charge in [0.15, 0.2) is 0 Å². The number of rotatable bonds is 10. The first-order valence-corrected chi connectivity index (χ1v) is 11.6. The second kappa shape index (κ2) is 15.3. The molecule has 0 fully saturated rings. The van der Waals surface area contributed by atoms with Crippen LogP contribution in [0.15, 0.2) is 48.8 Å². The summed E-state index contributed by atoms with van der Waals surface area (Å²) in [7, 11) is 0. The lowest BCUT2D eigenvalue weighted by Gasteiger charge is -2.11. The fourth-order valence-corrected chi connectivity index (χ4v) is 2.90. The smallest absolute Gasteiger partial charge is 0.341 e. The Hall–Kier alpha value is -3.86. The number of anilines is 1. The highest BCUT2D eigenvalue weighted by atomic mass is 35.5. The summed E-state index contributed by atoms with van der Waals surface area (Å²) in [6, 6.07) is 7.81. The van der Waals surface area contributed by atoms with Gasteiger partial charge in [-0.1, -0.05) is 11.6 Å². The van der Waals surface area contributed by atoms with E-state index in [1.165, 1.54) is 12.1 Å². The molecule has 0 amide bonds. The van der Waals surface area contributed by atoms with Gasteiger partial charge in [-0.15, -0.1) is 0 Å². The molecule has 3 aromatic rings. The SMILES string of the molecule is CCOC(=O)c1cc(F)cnc1Cl.CCOC(=O)c1cc(F)cnc1NCCCOc1ccc(F)cc1. The number of esters is 2. The van der Waals surface area contributed by atoms with Crippen molar-refractivity contribution < 1.29 is 37.0 Å². The van der Waals surface area contributed by atoms with Crippen LogP contribution in [-0.4, -0.2) is 48.3 Å². The van der Waals surface area contributed by atoms with E-state index in [-0.39, 0.29) is 41.1 Å². The third-order valence-electron chi connectivity index (χ3n) is 4.35. The summed E-state index contributed by atoms with van der Waals surface area (Å²) in [6.45, 7) is 4.59. The van der Waals surface area contributed by atoms with Gasteiger partial charge >= 0.3 is 11.9 Å². The Morgan fingerprint density at radius 2 is 1.43 bits per heavy atom. The Balaban J connectivity index is 0.000000312. The summed E-state index contributed by atoms with van der Waals surface area (Å²) in [6.07, 6.45) is 2.57. The van der Waals surface area contributed by atoms with Gasteiger partial charge in [-0.3, -0.25) is 0 Å². The molecule has 0 saturated heterocycles. The molecule has 0 bridgehead atoms. The third-order valence-corrected chi connectivity index (χ3v) is 4.65. The number of pyridine rings is 2. The van der Waals surface area contributed by atoms with Crippen molar-refractivity contribution in [3.63, 3.8) is 0 Å². The molecule has 198 valence electrons. The van der Waals surface area contributed by atoms with Crippen LogP contribution in [0.2, 0.25) is 5.15 Å². The quantitative estimate of drug-likeness (QED) is 0.206. The molecule has 0 aliphatic heterocycles. The van der Waals surface area contributed by atoms with Crippen LogP contribution in [-0.2, 0) is 9.47 Å². The molecule has 0 spiro atoms. The van der Waals surface area contributed by atoms with E-state index in [0.717, 1.165) is 24.5 Å². The van der Waals surface area contributed by atoms with E-state index in [9.17, 15) is 22.8 Å². The van der Waals surface area contributed by atoms with Crippen LogP contribution >= 0.6 is 11.6 Å². The molecule has 1 N–H and O–H groups in total. The Morgan fingerprint density at radius 3 is 2.05 bits per heavy atom. The van der Waals surface area contributed by atoms with E-state index < -0.39 is 23.6 Å². The van der Waals surface area contributed by atoms with Crippen LogP contribution < -0.4 is 10.1 Å². The first kappa shape index (κ1) is 29.4. The zero-order chi connectivity index (χ0) is 27.2. The van der Waals surface area contributed by atoms with Crippen molar-refractivity contribution in [3.8, 4) is 5.75 Å². The molecule has 0 saturated carbocycles. The molecule has 0 aliphatic rings. The summed E-state index contributed by atoms with van der Waals surface area (Å²) in [5, 5.41) is 2.90. The van der Waals surface area contributed by atoms with Crippen LogP contribution in [0.25, 0.3) is 0 Å². The number of carbonyl (C=O) groups is 2. The van der Waals surface area contributed by atoms with E-state index in [2.05, 4.69) is 20.0 Å². The van der Waals surface area contributed by atoms with Crippen LogP contribution in [0.5, 0.6) is 5.75 Å². The molecule has 0 radical (unpaired) electrons. The minimum absolute atomic E-state index is 0.0521. The molecule has 37 heavy (non-hydrogen) atoms. The summed E-state index contributed by atoms with van der Waals surface area (Å²) in [5.74, 6) is -2.01. The van der Waals surface area contributed by atoms with Gasteiger partial charge in [0.2, 0.25) is 0 Å². The maximum Gasteiger partial charge on any atom is 0.341 e. The fraction of sp³-hybridized carbons (Fsp3) is 0.280. The van der Waals surface area contributed by atoms with Gasteiger partial charge in [-0.05, 0) is 56.7 Å². The Labute approximate surface area is 216 Å². The maximum atomic E-state index is 13.3. The number of halogens is 4. The first-order valence-electron chi connectivity index (χ1n) is 11.2. The van der Waals surface area contributed by atoms with Crippen molar-refractivity contribution in [2.24, 2.45) is 0 Å². The number of benzene rings is 1. The van der Waals surface area contributed by atoms with Crippen LogP contribution in [0.4, 0.5) is 19.0 Å². The van der Waals surface area contributed by atoms with Gasteiger partial charge < -0.3 is 19.5 Å². The van der Waals surface area contributed by atoms with Crippen molar-refractivity contribution in [2.75, 3.05) is 31.7 Å². The predicted molar refractivity (Wildman–Crippen MR) is 130 cm³/mol. The van der Waals surface area contributed by atoms with E-state index in [0.29, 0.717) is 25.3 Å². The highest BCUT2D eigenvalue weighted by Crippen LogP contribution is 2.16. The second-order valence-electron chi connectivity index (χ2n) is 7.07. The molecule has 2 heterocycles. The summed E-state index contributed by atoms with van der Waals surface area (Å²) in [5.41, 5.74) is -0.000167. The zero-order valence-electron chi connectivity index (χ0n) is 20.1. The van der Waals surface area contributed by atoms with E-state index >= 15 is 0 Å². The second-order valence-corrected chi connectivity index (χ2v) is 7.42. The number of hydrogen-bond acceptors (Lipinski definition) is 8. The van der Waals surface area contributed by atoms with Crippen molar-refractivity contribution in [2.45, 2.75) is 20.3 Å². The van der Waals surface area contributed by atoms with Gasteiger partial charge in [-0.25, -0.2) is 32.7 Å². The van der Waals surface area contributed by atoms with Crippen LogP contribution in [0, 0.1) is 17.5 Å². The average molecular weight is 540 g/mol. The number of ether oxygens (including phenoxy) is 3. The van der Waals surface area contributed by atoms with E-state index in [4.69, 9.17) is 21.1 Å². The number of carbonyl (C=O) groups excluding carboxylic acids is 2. The average Bonchev–Trinajstić information content (AvgIpc) is 2.88. The van der Waals surface area contributed by atoms with Crippen molar-refractivity contribution in [1.82, 2.24) is 9.97 Å². The lowest BCUT2D eigenvalue weighted by atomic mass is 10.2. The van der Waals surface area contributed by atoms with Gasteiger partial charge in [-0.2, -0.15) is 0 Å². The van der Waals surface area contributed by atoms with E-state index in [1.54, 1.807) is 26.0 Å². The molecule has 2 aromatic heterocycles. The molecule has 12 heteroatoms. The Morgan fingerprint density at radius 1 is 0.865 bits per heavy atom. The number of hydrogen-bond donors (Lipinski definition) is 1. The van der Waals surface area contributed by atoms with Gasteiger partial charge in [0.1, 0.15) is 39.7 Å². The molecular formula is C25H25ClF3N3O5. The topological polar surface area (TPSA) is 99.6 Å². The number of nitrogens with one attached hydrogen (secondary N) is 1. The fourth-order valence-electron chi connectivity index (χ4n) is 2.72. The van der Waals surface area contributed by atoms with Gasteiger partial charge in [0, 0.05) is 6.54 Å². The molecule has 1 aromatic carbocycles. The molecule has 0 aliphatic carbocycles. The predicted octanol–water partition coefficient (Wildman–Crippen LogP) is 5.47. The number of nitrogens with zero attached hydrogens (tertiary/aromatic N) is 2. The van der Waals surface area contributed by atoms with Crippen molar-refractivity contribution in [1.29, 1.82) is 0 Å². The molecule has 0 atom stereocenters. The van der Waals surface area contributed by atoms with Crippen LogP contribution in [0.3, 0.4) is 0 Å². The standard InChI is InChI=1S/C17H18F2N2O3.C8H7ClFNO2/c1-2-23-17(22)15-10-13(19)11-21-16(15)20-8-3-9-24-14-6-4-12(18)5-7-14;1-2-13-8(12)6-3-5(10)4-11-7(6)9/h4-7,10-11H,2-3,8-9H2,1H3,(H,20,21);3-4H,2H2,1H3. The van der Waals surface area contributed by atoms with Gasteiger partial charge in [0.05, 0.1) is 37.8 Å². The third kappa shape index (κ3) is 9.96. The summed E-state index contributed by atoms with van der Waals surface area (Å²) < 4.78 is 53.6. The lowest BCUT2D eigenvalue weighted by molar-refractivity contribution is 0.0516. The van der Waals surface area contributed by atoms with Crippen LogP contribution in [0.1, 0.15) is 41.0 Å². The van der Waals surface area contributed by atoms with Crippen molar-refractivity contribution in [3.05, 3.63) is 82.5 Å². The molecule has 8 nitrogen and oxygen atoms in total. The Bertz CT molecular complexity index is 1180. The highest BCUT2D eigenvalue weighted by Gasteiger charge is 2.15. The maximum absolute atomic E-state index is 13.3.